The Morgan fingerprint density at radius 3 is 0.705 bits per heavy atom. The molecule has 0 aliphatic heterocycles. The molecule has 0 aromatic rings. The van der Waals surface area contributed by atoms with Gasteiger partial charge in [-0.15, -0.1) is 0 Å². The van der Waals surface area contributed by atoms with Gasteiger partial charge in [0.25, 0.3) is 0 Å². The summed E-state index contributed by atoms with van der Waals surface area (Å²) < 4.78 is 23.7. The molecule has 78 heavy (non-hydrogen) atoms. The van der Waals surface area contributed by atoms with Crippen molar-refractivity contribution in [1.82, 2.24) is 14.7 Å². The molecule has 0 aliphatic carbocycles. The lowest BCUT2D eigenvalue weighted by Crippen LogP contribution is -2.34. The Labute approximate surface area is 483 Å². The largest absolute Gasteiger partial charge is 0.465 e. The lowest BCUT2D eigenvalue weighted by molar-refractivity contribution is -0.147. The minimum Gasteiger partial charge on any atom is -0.465 e. The molecule has 0 heterocycles. The van der Waals surface area contributed by atoms with Crippen molar-refractivity contribution in [3.8, 4) is 0 Å². The van der Waals surface area contributed by atoms with Crippen molar-refractivity contribution in [1.29, 1.82) is 0 Å². The van der Waals surface area contributed by atoms with E-state index in [0.29, 0.717) is 102 Å². The van der Waals surface area contributed by atoms with E-state index in [0.717, 1.165) is 142 Å². The first-order valence-corrected chi connectivity index (χ1v) is 33.7. The van der Waals surface area contributed by atoms with Crippen molar-refractivity contribution in [3.63, 3.8) is 0 Å². The number of esters is 4. The molecule has 4 unspecified atom stereocenters. The van der Waals surface area contributed by atoms with Gasteiger partial charge in [-0.3, -0.25) is 19.2 Å². The minimum absolute atomic E-state index is 0.148. The van der Waals surface area contributed by atoms with E-state index >= 15 is 0 Å². The lowest BCUT2D eigenvalue weighted by Gasteiger charge is -2.25. The number of carbonyl (C=O) groups excluding carboxylic acids is 4. The van der Waals surface area contributed by atoms with Gasteiger partial charge in [-0.2, -0.15) is 0 Å². The van der Waals surface area contributed by atoms with Crippen LogP contribution in [0.5, 0.6) is 0 Å². The zero-order chi connectivity index (χ0) is 57.5. The van der Waals surface area contributed by atoms with Gasteiger partial charge in [-0.1, -0.05) is 209 Å². The molecule has 0 N–H and O–H groups in total. The monoisotopic (exact) mass is 1110 g/mol. The summed E-state index contributed by atoms with van der Waals surface area (Å²) >= 11 is 0. The predicted octanol–water partition coefficient (Wildman–Crippen LogP) is 17.1. The van der Waals surface area contributed by atoms with Crippen molar-refractivity contribution in [2.75, 3.05) is 85.8 Å². The fraction of sp³-hybridized carbons (Fsp3) is 0.940. The maximum Gasteiger partial charge on any atom is 0.307 e. The van der Waals surface area contributed by atoms with Crippen LogP contribution in [0.4, 0.5) is 0 Å². The molecule has 11 heteroatoms. The van der Waals surface area contributed by atoms with Crippen molar-refractivity contribution in [2.24, 2.45) is 23.7 Å². The van der Waals surface area contributed by atoms with E-state index in [9.17, 15) is 19.2 Å². The molecule has 4 atom stereocenters. The Morgan fingerprint density at radius 1 is 0.269 bits per heavy atom. The van der Waals surface area contributed by atoms with Crippen LogP contribution in [0.3, 0.4) is 0 Å². The molecule has 0 aromatic carbocycles. The average molecular weight is 1110 g/mol. The zero-order valence-electron chi connectivity index (χ0n) is 53.3. The summed E-state index contributed by atoms with van der Waals surface area (Å²) in [6.45, 7) is 25.4. The normalized spacial score (nSPS) is 13.3. The zero-order valence-corrected chi connectivity index (χ0v) is 53.3. The van der Waals surface area contributed by atoms with Gasteiger partial charge >= 0.3 is 23.9 Å². The van der Waals surface area contributed by atoms with Gasteiger partial charge in [0.1, 0.15) is 0 Å². The Hall–Kier alpha value is -2.24. The highest BCUT2D eigenvalue weighted by atomic mass is 16.5. The van der Waals surface area contributed by atoms with Gasteiger partial charge in [-0.05, 0) is 121 Å². The molecular weight excluding hydrogens is 975 g/mol. The number of hydrogen-bond acceptors (Lipinski definition) is 11. The van der Waals surface area contributed by atoms with E-state index in [2.05, 4.69) is 77.1 Å². The second-order valence-electron chi connectivity index (χ2n) is 23.9. The highest BCUT2D eigenvalue weighted by molar-refractivity contribution is 5.71. The van der Waals surface area contributed by atoms with Crippen LogP contribution in [0.2, 0.25) is 0 Å². The van der Waals surface area contributed by atoms with Gasteiger partial charge in [0.2, 0.25) is 0 Å². The summed E-state index contributed by atoms with van der Waals surface area (Å²) in [7, 11) is 2.15. The van der Waals surface area contributed by atoms with Crippen LogP contribution in [-0.4, -0.2) is 124 Å². The standard InChI is InChI=1S/C67H131N3O8/c1-10-18-26-30-40-60(36-22-14-5)56-75-64(71)44-52-69(53-45-65(72)76-57-61(37-23-15-6)41-31-27-19-11-2)50-34-48-68(9)49-35-51-70(54-46-66(73)77-58-62(38-24-16-7)42-32-28-20-12-3)55-47-67(74)78-59-63(39-25-17-8)43-33-29-21-13-4/h60-63H,10-59H2,1-9H3. The van der Waals surface area contributed by atoms with Crippen LogP contribution >= 0.6 is 0 Å². The Bertz CT molecular complexity index is 1170. The molecule has 0 saturated carbocycles. The van der Waals surface area contributed by atoms with E-state index in [4.69, 9.17) is 18.9 Å². The Kier molecular flexibility index (Phi) is 55.0. The van der Waals surface area contributed by atoms with Crippen molar-refractivity contribution < 1.29 is 38.1 Å². The van der Waals surface area contributed by atoms with Gasteiger partial charge in [-0.25, -0.2) is 0 Å². The minimum atomic E-state index is -0.148. The maximum atomic E-state index is 13.2. The maximum absolute atomic E-state index is 13.2. The average Bonchev–Trinajstić information content (AvgIpc) is 3.44. The molecule has 0 aliphatic rings. The Morgan fingerprint density at radius 2 is 0.487 bits per heavy atom. The lowest BCUT2D eigenvalue weighted by atomic mass is 9.96. The first-order valence-electron chi connectivity index (χ1n) is 33.7. The molecule has 0 spiro atoms. The molecule has 0 amide bonds. The van der Waals surface area contributed by atoms with Crippen LogP contribution in [0.15, 0.2) is 0 Å². The summed E-state index contributed by atoms with van der Waals surface area (Å²) in [4.78, 5) is 59.8. The van der Waals surface area contributed by atoms with Crippen LogP contribution < -0.4 is 0 Å². The third-order valence-electron chi connectivity index (χ3n) is 16.2. The van der Waals surface area contributed by atoms with Gasteiger partial charge < -0.3 is 33.6 Å². The third-order valence-corrected chi connectivity index (χ3v) is 16.2. The van der Waals surface area contributed by atoms with E-state index in [1.54, 1.807) is 0 Å². The molecule has 0 saturated heterocycles. The van der Waals surface area contributed by atoms with Crippen LogP contribution in [0.1, 0.15) is 299 Å². The number of unbranched alkanes of at least 4 members (excludes halogenated alkanes) is 16. The first-order chi connectivity index (χ1) is 38.0. The summed E-state index contributed by atoms with van der Waals surface area (Å²) in [5, 5.41) is 0. The van der Waals surface area contributed by atoms with Crippen molar-refractivity contribution >= 4 is 23.9 Å². The second kappa shape index (κ2) is 56.6. The SMILES string of the molecule is CCCCCCC(CCCC)COC(=O)CCN(CCCN(C)CCCN(CCC(=O)OCC(CCCC)CCCCCC)CCC(=O)OCC(CCCC)CCCCCC)CCC(=O)OCC(CCCC)CCCCCC. The molecule has 0 bridgehead atoms. The quantitative estimate of drug-likeness (QED) is 0.0329. The summed E-state index contributed by atoms with van der Waals surface area (Å²) in [6, 6.07) is 0. The number of nitrogens with zero attached hydrogens (tertiary/aromatic N) is 3. The molecule has 0 aromatic heterocycles. The Balaban J connectivity index is 5.74. The topological polar surface area (TPSA) is 115 Å². The van der Waals surface area contributed by atoms with Crippen molar-refractivity contribution in [2.45, 2.75) is 299 Å². The molecule has 11 nitrogen and oxygen atoms in total. The van der Waals surface area contributed by atoms with Gasteiger partial charge in [0, 0.05) is 26.2 Å². The molecule has 0 radical (unpaired) electrons. The highest BCUT2D eigenvalue weighted by Crippen LogP contribution is 2.22. The van der Waals surface area contributed by atoms with Crippen molar-refractivity contribution in [3.05, 3.63) is 0 Å². The second-order valence-corrected chi connectivity index (χ2v) is 23.9. The molecule has 0 rings (SSSR count). The van der Waals surface area contributed by atoms with Crippen LogP contribution in [0.25, 0.3) is 0 Å². The fourth-order valence-corrected chi connectivity index (χ4v) is 10.7. The van der Waals surface area contributed by atoms with E-state index in [1.807, 2.05) is 0 Å². The molecule has 0 fully saturated rings. The summed E-state index contributed by atoms with van der Waals surface area (Å²) in [5.74, 6) is 1.10. The molecule has 462 valence electrons. The van der Waals surface area contributed by atoms with Crippen LogP contribution in [-0.2, 0) is 38.1 Å². The number of hydrogen-bond donors (Lipinski definition) is 0. The van der Waals surface area contributed by atoms with E-state index in [1.165, 1.54) is 103 Å². The molecular formula is C67H131N3O8. The van der Waals surface area contributed by atoms with E-state index < -0.39 is 0 Å². The number of rotatable bonds is 60. The summed E-state index contributed by atoms with van der Waals surface area (Å²) in [5.41, 5.74) is 0. The number of carbonyl (C=O) groups is 4. The first kappa shape index (κ1) is 75.8. The smallest absolute Gasteiger partial charge is 0.307 e. The van der Waals surface area contributed by atoms with Crippen LogP contribution in [0, 0.1) is 23.7 Å². The van der Waals surface area contributed by atoms with E-state index in [-0.39, 0.29) is 23.9 Å². The predicted molar refractivity (Wildman–Crippen MR) is 329 cm³/mol. The number of ether oxygens (including phenoxy) is 4. The fourth-order valence-electron chi connectivity index (χ4n) is 10.7. The summed E-state index contributed by atoms with van der Waals surface area (Å²) in [6.07, 6.45) is 40.8. The van der Waals surface area contributed by atoms with Gasteiger partial charge in [0.05, 0.1) is 52.1 Å². The van der Waals surface area contributed by atoms with Gasteiger partial charge in [0.15, 0.2) is 0 Å². The third kappa shape index (κ3) is 48.5. The highest BCUT2D eigenvalue weighted by Gasteiger charge is 2.20.